The summed E-state index contributed by atoms with van der Waals surface area (Å²) in [5.74, 6) is -0.523. The van der Waals surface area contributed by atoms with Gasteiger partial charge in [-0.2, -0.15) is 0 Å². The summed E-state index contributed by atoms with van der Waals surface area (Å²) >= 11 is 0. The van der Waals surface area contributed by atoms with Gasteiger partial charge < -0.3 is 15.3 Å². The lowest BCUT2D eigenvalue weighted by Gasteiger charge is -2.21. The molecule has 0 saturated carbocycles. The minimum Gasteiger partial charge on any atom is -0.393 e. The highest BCUT2D eigenvalue weighted by molar-refractivity contribution is 6.23. The van der Waals surface area contributed by atoms with Crippen molar-refractivity contribution < 1.29 is 20.1 Å². The molecule has 4 rings (SSSR count). The molecule has 0 aliphatic carbocycles. The second-order valence-electron chi connectivity index (χ2n) is 7.21. The summed E-state index contributed by atoms with van der Waals surface area (Å²) in [5, 5.41) is 35.5. The summed E-state index contributed by atoms with van der Waals surface area (Å²) < 4.78 is 0. The van der Waals surface area contributed by atoms with Gasteiger partial charge in [0.05, 0.1) is 13.2 Å². The molecule has 4 nitrogen and oxygen atoms in total. The molecule has 4 heteroatoms. The molecule has 0 aromatic heterocycles. The SMILES string of the molecule is O=C(CCCc1ccc2ccc3cccc4ccc1c2c34)C(O)(CO)CO. The van der Waals surface area contributed by atoms with E-state index >= 15 is 0 Å². The molecule has 0 atom stereocenters. The lowest BCUT2D eigenvalue weighted by atomic mass is 9.90. The van der Waals surface area contributed by atoms with Gasteiger partial charge in [-0.1, -0.05) is 54.6 Å². The van der Waals surface area contributed by atoms with Crippen LogP contribution in [0.2, 0.25) is 0 Å². The van der Waals surface area contributed by atoms with Gasteiger partial charge in [0.1, 0.15) is 0 Å². The van der Waals surface area contributed by atoms with Crippen LogP contribution in [0.1, 0.15) is 18.4 Å². The van der Waals surface area contributed by atoms with E-state index < -0.39 is 24.6 Å². The Morgan fingerprint density at radius 1 is 0.815 bits per heavy atom. The molecule has 0 fully saturated rings. The van der Waals surface area contributed by atoms with Gasteiger partial charge in [-0.25, -0.2) is 0 Å². The van der Waals surface area contributed by atoms with Gasteiger partial charge in [0.15, 0.2) is 11.4 Å². The highest BCUT2D eigenvalue weighted by Gasteiger charge is 2.33. The van der Waals surface area contributed by atoms with Crippen molar-refractivity contribution >= 4 is 38.1 Å². The van der Waals surface area contributed by atoms with Gasteiger partial charge in [-0.15, -0.1) is 0 Å². The van der Waals surface area contributed by atoms with Crippen LogP contribution >= 0.6 is 0 Å². The molecule has 0 amide bonds. The first kappa shape index (κ1) is 17.9. The molecule has 138 valence electrons. The lowest BCUT2D eigenvalue weighted by molar-refractivity contribution is -0.146. The van der Waals surface area contributed by atoms with Crippen LogP contribution in [-0.4, -0.2) is 39.9 Å². The highest BCUT2D eigenvalue weighted by Crippen LogP contribution is 2.36. The van der Waals surface area contributed by atoms with Gasteiger partial charge in [-0.05, 0) is 50.7 Å². The number of rotatable bonds is 7. The summed E-state index contributed by atoms with van der Waals surface area (Å²) in [6.07, 6.45) is 1.34. The molecule has 0 heterocycles. The van der Waals surface area contributed by atoms with Gasteiger partial charge in [0.25, 0.3) is 0 Å². The Hall–Kier alpha value is -2.53. The first-order valence-corrected chi connectivity index (χ1v) is 9.20. The van der Waals surface area contributed by atoms with E-state index in [-0.39, 0.29) is 6.42 Å². The van der Waals surface area contributed by atoms with E-state index in [1.807, 2.05) is 0 Å². The maximum Gasteiger partial charge on any atom is 0.169 e. The van der Waals surface area contributed by atoms with Crippen molar-refractivity contribution in [2.45, 2.75) is 24.9 Å². The second kappa shape index (κ2) is 6.89. The van der Waals surface area contributed by atoms with Gasteiger partial charge in [-0.3, -0.25) is 4.79 Å². The molecule has 0 aliphatic heterocycles. The Balaban J connectivity index is 1.66. The third-order valence-corrected chi connectivity index (χ3v) is 5.51. The fourth-order valence-corrected chi connectivity index (χ4v) is 3.91. The van der Waals surface area contributed by atoms with Crippen molar-refractivity contribution in [3.8, 4) is 0 Å². The number of carbonyl (C=O) groups is 1. The number of aliphatic hydroxyl groups excluding tert-OH is 2. The number of benzene rings is 4. The van der Waals surface area contributed by atoms with Crippen LogP contribution in [0.25, 0.3) is 32.3 Å². The van der Waals surface area contributed by atoms with E-state index in [1.165, 1.54) is 32.3 Å². The standard InChI is InChI=1S/C23H22O4/c24-13-23(27,14-25)20(26)6-2-3-15-7-8-18-10-9-16-4-1-5-17-11-12-19(15)22(18)21(16)17/h1,4-5,7-12,24-25,27H,2-3,6,13-14H2. The Kier molecular flexibility index (Phi) is 4.56. The summed E-state index contributed by atoms with van der Waals surface area (Å²) in [7, 11) is 0. The van der Waals surface area contributed by atoms with Crippen molar-refractivity contribution in [3.05, 3.63) is 60.2 Å². The van der Waals surface area contributed by atoms with Crippen molar-refractivity contribution in [2.24, 2.45) is 0 Å². The quantitative estimate of drug-likeness (QED) is 0.441. The smallest absolute Gasteiger partial charge is 0.169 e. The number of carbonyl (C=O) groups excluding carboxylic acids is 1. The third-order valence-electron chi connectivity index (χ3n) is 5.51. The predicted octanol–water partition coefficient (Wildman–Crippen LogP) is 3.19. The van der Waals surface area contributed by atoms with Crippen LogP contribution in [0.15, 0.2) is 54.6 Å². The zero-order valence-corrected chi connectivity index (χ0v) is 15.0. The van der Waals surface area contributed by atoms with E-state index in [1.54, 1.807) is 0 Å². The molecule has 4 aromatic carbocycles. The van der Waals surface area contributed by atoms with E-state index in [0.717, 1.165) is 5.56 Å². The fourth-order valence-electron chi connectivity index (χ4n) is 3.91. The maximum atomic E-state index is 12.1. The van der Waals surface area contributed by atoms with Crippen LogP contribution in [-0.2, 0) is 11.2 Å². The van der Waals surface area contributed by atoms with Crippen LogP contribution < -0.4 is 0 Å². The van der Waals surface area contributed by atoms with Crippen molar-refractivity contribution in [1.29, 1.82) is 0 Å². The number of hydrogen-bond acceptors (Lipinski definition) is 4. The molecule has 27 heavy (non-hydrogen) atoms. The van der Waals surface area contributed by atoms with Crippen LogP contribution in [0, 0.1) is 0 Å². The average Bonchev–Trinajstić information content (AvgIpc) is 2.72. The minimum atomic E-state index is -2.04. The fraction of sp³-hybridized carbons (Fsp3) is 0.261. The Labute approximate surface area is 157 Å². The molecule has 0 bridgehead atoms. The molecule has 0 aliphatic rings. The topological polar surface area (TPSA) is 77.8 Å². The summed E-state index contributed by atoms with van der Waals surface area (Å²) in [6, 6.07) is 19.1. The molecule has 0 radical (unpaired) electrons. The van der Waals surface area contributed by atoms with Crippen molar-refractivity contribution in [2.75, 3.05) is 13.2 Å². The third kappa shape index (κ3) is 2.96. The van der Waals surface area contributed by atoms with E-state index in [4.69, 9.17) is 10.2 Å². The Morgan fingerprint density at radius 3 is 2.07 bits per heavy atom. The van der Waals surface area contributed by atoms with Gasteiger partial charge >= 0.3 is 0 Å². The number of ketones is 1. The molecule has 3 N–H and O–H groups in total. The van der Waals surface area contributed by atoms with Gasteiger partial charge in [0, 0.05) is 6.42 Å². The first-order valence-electron chi connectivity index (χ1n) is 9.20. The predicted molar refractivity (Wildman–Crippen MR) is 107 cm³/mol. The zero-order valence-electron chi connectivity index (χ0n) is 15.0. The number of aliphatic hydroxyl groups is 3. The van der Waals surface area contributed by atoms with E-state index in [0.29, 0.717) is 12.8 Å². The maximum absolute atomic E-state index is 12.1. The van der Waals surface area contributed by atoms with Crippen LogP contribution in [0.4, 0.5) is 0 Å². The van der Waals surface area contributed by atoms with Gasteiger partial charge in [0.2, 0.25) is 0 Å². The zero-order chi connectivity index (χ0) is 19.0. The summed E-state index contributed by atoms with van der Waals surface area (Å²) in [4.78, 5) is 12.1. The Bertz CT molecular complexity index is 1100. The molecular formula is C23H22O4. The number of aryl methyl sites for hydroxylation is 1. The van der Waals surface area contributed by atoms with Crippen LogP contribution in [0.3, 0.4) is 0 Å². The average molecular weight is 362 g/mol. The lowest BCUT2D eigenvalue weighted by Crippen LogP contribution is -2.45. The van der Waals surface area contributed by atoms with Crippen LogP contribution in [0.5, 0.6) is 0 Å². The molecule has 0 unspecified atom stereocenters. The molecular weight excluding hydrogens is 340 g/mol. The summed E-state index contributed by atoms with van der Waals surface area (Å²) in [5.41, 5.74) is -0.882. The molecule has 0 spiro atoms. The molecule has 4 aromatic rings. The first-order chi connectivity index (χ1) is 13.1. The van der Waals surface area contributed by atoms with E-state index in [2.05, 4.69) is 54.6 Å². The normalized spacial score (nSPS) is 12.4. The molecule has 0 saturated heterocycles. The second-order valence-corrected chi connectivity index (χ2v) is 7.21. The van der Waals surface area contributed by atoms with E-state index in [9.17, 15) is 9.90 Å². The summed E-state index contributed by atoms with van der Waals surface area (Å²) in [6.45, 7) is -1.53. The highest BCUT2D eigenvalue weighted by atomic mass is 16.4. The monoisotopic (exact) mass is 362 g/mol. The van der Waals surface area contributed by atoms with Crippen molar-refractivity contribution in [1.82, 2.24) is 0 Å². The minimum absolute atomic E-state index is 0.111. The number of hydrogen-bond donors (Lipinski definition) is 3. The Morgan fingerprint density at radius 2 is 1.41 bits per heavy atom. The number of Topliss-reactive ketones (excluding diaryl/α,β-unsaturated/α-hetero) is 1. The van der Waals surface area contributed by atoms with Crippen molar-refractivity contribution in [3.63, 3.8) is 0 Å². The largest absolute Gasteiger partial charge is 0.393 e.